The second-order valence-corrected chi connectivity index (χ2v) is 7.40. The molecule has 1 aromatic heterocycles. The van der Waals surface area contributed by atoms with Crippen molar-refractivity contribution in [2.24, 2.45) is 0 Å². The van der Waals surface area contributed by atoms with Gasteiger partial charge in [0, 0.05) is 12.0 Å². The van der Waals surface area contributed by atoms with Gasteiger partial charge in [-0.2, -0.15) is 0 Å². The first-order valence-electron chi connectivity index (χ1n) is 9.75. The molecule has 8 nitrogen and oxygen atoms in total. The first kappa shape index (κ1) is 21.9. The number of hydrogen-bond acceptors (Lipinski definition) is 6. The lowest BCUT2D eigenvalue weighted by atomic mass is 9.98. The third kappa shape index (κ3) is 5.03. The summed E-state index contributed by atoms with van der Waals surface area (Å²) in [6.45, 7) is 5.73. The summed E-state index contributed by atoms with van der Waals surface area (Å²) >= 11 is 0. The van der Waals surface area contributed by atoms with E-state index in [1.54, 1.807) is 12.1 Å². The number of carbonyl (C=O) groups excluding carboxylic acids is 3. The number of hydrogen-bond donors (Lipinski definition) is 1. The van der Waals surface area contributed by atoms with Gasteiger partial charge in [0.25, 0.3) is 5.91 Å². The van der Waals surface area contributed by atoms with Crippen molar-refractivity contribution in [3.63, 3.8) is 0 Å². The number of methoxy groups -OCH3 is 1. The predicted molar refractivity (Wildman–Crippen MR) is 114 cm³/mol. The van der Waals surface area contributed by atoms with Crippen molar-refractivity contribution in [3.05, 3.63) is 76.1 Å². The van der Waals surface area contributed by atoms with Gasteiger partial charge < -0.3 is 10.1 Å². The highest BCUT2D eigenvalue weighted by Crippen LogP contribution is 2.17. The minimum atomic E-state index is -0.837. The number of nitrogens with zero attached hydrogens (tertiary/aromatic N) is 3. The number of carbonyl (C=O) groups is 3. The molecule has 0 fully saturated rings. The quantitative estimate of drug-likeness (QED) is 0.465. The molecule has 3 rings (SSSR count). The minimum absolute atomic E-state index is 0.235. The highest BCUT2D eigenvalue weighted by molar-refractivity contribution is 5.99. The molecule has 0 unspecified atom stereocenters. The molecule has 160 valence electrons. The van der Waals surface area contributed by atoms with Crippen molar-refractivity contribution in [2.75, 3.05) is 7.11 Å². The Labute approximate surface area is 180 Å². The molecule has 2 aromatic carbocycles. The Bertz CT molecular complexity index is 1100. The standard InChI is InChI=1S/C23H24N4O4/c1-14-9-15(2)21(16(3)10-14)22(29)24-20(23(30)31-4)11-17-5-7-19(8-6-17)27-12-18(13-28)25-26-27/h5-10,12-13,20H,11H2,1-4H3,(H,24,29)/t20-/m0/s1. The maximum atomic E-state index is 12.9. The lowest BCUT2D eigenvalue weighted by Gasteiger charge is -2.19. The number of aldehydes is 1. The van der Waals surface area contributed by atoms with Crippen molar-refractivity contribution in [2.45, 2.75) is 33.2 Å². The molecule has 8 heteroatoms. The fourth-order valence-corrected chi connectivity index (χ4v) is 3.58. The van der Waals surface area contributed by atoms with E-state index in [9.17, 15) is 14.4 Å². The molecule has 0 aliphatic rings. The van der Waals surface area contributed by atoms with Crippen LogP contribution in [0.5, 0.6) is 0 Å². The SMILES string of the molecule is COC(=O)[C@H](Cc1ccc(-n2cc(C=O)nn2)cc1)NC(=O)c1c(C)cc(C)cc1C. The van der Waals surface area contributed by atoms with Crippen LogP contribution in [0.2, 0.25) is 0 Å². The summed E-state index contributed by atoms with van der Waals surface area (Å²) in [6, 6.07) is 10.3. The highest BCUT2D eigenvalue weighted by Gasteiger charge is 2.24. The van der Waals surface area contributed by atoms with E-state index in [-0.39, 0.29) is 18.0 Å². The number of benzene rings is 2. The van der Waals surface area contributed by atoms with Gasteiger partial charge in [-0.05, 0) is 49.6 Å². The topological polar surface area (TPSA) is 103 Å². The Morgan fingerprint density at radius 3 is 2.32 bits per heavy atom. The molecular formula is C23H24N4O4. The van der Waals surface area contributed by atoms with E-state index in [1.165, 1.54) is 18.0 Å². The van der Waals surface area contributed by atoms with E-state index in [4.69, 9.17) is 4.74 Å². The van der Waals surface area contributed by atoms with Gasteiger partial charge >= 0.3 is 5.97 Å². The van der Waals surface area contributed by atoms with Crippen LogP contribution in [0.3, 0.4) is 0 Å². The van der Waals surface area contributed by atoms with Crippen LogP contribution in [0, 0.1) is 20.8 Å². The van der Waals surface area contributed by atoms with Crippen LogP contribution >= 0.6 is 0 Å². The Kier molecular flexibility index (Phi) is 6.59. The highest BCUT2D eigenvalue weighted by atomic mass is 16.5. The average Bonchev–Trinajstić information content (AvgIpc) is 3.21. The molecule has 1 heterocycles. The van der Waals surface area contributed by atoms with Crippen LogP contribution in [0.15, 0.2) is 42.6 Å². The molecular weight excluding hydrogens is 396 g/mol. The normalized spacial score (nSPS) is 11.6. The van der Waals surface area contributed by atoms with Gasteiger partial charge in [-0.25, -0.2) is 9.48 Å². The fraction of sp³-hybridized carbons (Fsp3) is 0.261. The van der Waals surface area contributed by atoms with Crippen LogP contribution < -0.4 is 5.32 Å². The van der Waals surface area contributed by atoms with Gasteiger partial charge in [-0.1, -0.05) is 35.0 Å². The van der Waals surface area contributed by atoms with E-state index >= 15 is 0 Å². The van der Waals surface area contributed by atoms with E-state index in [1.807, 2.05) is 45.0 Å². The van der Waals surface area contributed by atoms with E-state index in [2.05, 4.69) is 15.6 Å². The van der Waals surface area contributed by atoms with Crippen molar-refractivity contribution in [1.82, 2.24) is 20.3 Å². The zero-order valence-electron chi connectivity index (χ0n) is 17.9. The molecule has 3 aromatic rings. The van der Waals surface area contributed by atoms with Crippen LogP contribution in [0.4, 0.5) is 0 Å². The van der Waals surface area contributed by atoms with Gasteiger partial charge in [0.05, 0.1) is 19.0 Å². The molecule has 0 saturated heterocycles. The third-order valence-corrected chi connectivity index (χ3v) is 4.97. The van der Waals surface area contributed by atoms with Crippen molar-refractivity contribution >= 4 is 18.2 Å². The lowest BCUT2D eigenvalue weighted by Crippen LogP contribution is -2.43. The second kappa shape index (κ2) is 9.34. The van der Waals surface area contributed by atoms with Gasteiger partial charge in [0.15, 0.2) is 6.29 Å². The number of rotatable bonds is 7. The summed E-state index contributed by atoms with van der Waals surface area (Å²) < 4.78 is 6.38. The molecule has 0 radical (unpaired) electrons. The number of aryl methyl sites for hydroxylation is 3. The molecule has 0 aliphatic heterocycles. The Morgan fingerprint density at radius 1 is 1.13 bits per heavy atom. The number of ether oxygens (including phenoxy) is 1. The summed E-state index contributed by atoms with van der Waals surface area (Å²) in [5.74, 6) is -0.835. The van der Waals surface area contributed by atoms with Gasteiger partial charge in [0.2, 0.25) is 0 Å². The summed E-state index contributed by atoms with van der Waals surface area (Å²) in [7, 11) is 1.29. The summed E-state index contributed by atoms with van der Waals surface area (Å²) in [5, 5.41) is 10.4. The maximum absolute atomic E-state index is 12.9. The largest absolute Gasteiger partial charge is 0.467 e. The first-order chi connectivity index (χ1) is 14.8. The molecule has 0 spiro atoms. The Balaban J connectivity index is 1.78. The molecule has 1 N–H and O–H groups in total. The van der Waals surface area contributed by atoms with E-state index in [0.717, 1.165) is 22.3 Å². The molecule has 0 aliphatic carbocycles. The molecule has 0 saturated carbocycles. The van der Waals surface area contributed by atoms with Crippen molar-refractivity contribution in [3.8, 4) is 5.69 Å². The van der Waals surface area contributed by atoms with Crippen LogP contribution in [0.25, 0.3) is 5.69 Å². The zero-order chi connectivity index (χ0) is 22.5. The number of aromatic nitrogens is 3. The van der Waals surface area contributed by atoms with Crippen molar-refractivity contribution < 1.29 is 19.1 Å². The summed E-state index contributed by atoms with van der Waals surface area (Å²) in [6.07, 6.45) is 2.41. The van der Waals surface area contributed by atoms with Crippen LogP contribution in [-0.2, 0) is 16.0 Å². The molecule has 0 bridgehead atoms. The van der Waals surface area contributed by atoms with Crippen LogP contribution in [0.1, 0.15) is 43.1 Å². The zero-order valence-corrected chi connectivity index (χ0v) is 17.9. The monoisotopic (exact) mass is 420 g/mol. The summed E-state index contributed by atoms with van der Waals surface area (Å²) in [4.78, 5) is 36.0. The number of esters is 1. The second-order valence-electron chi connectivity index (χ2n) is 7.40. The Hall–Kier alpha value is -3.81. The Morgan fingerprint density at radius 2 is 1.77 bits per heavy atom. The van der Waals surface area contributed by atoms with Gasteiger partial charge in [-0.3, -0.25) is 9.59 Å². The fourth-order valence-electron chi connectivity index (χ4n) is 3.58. The average molecular weight is 420 g/mol. The van der Waals surface area contributed by atoms with Gasteiger partial charge in [-0.15, -0.1) is 5.10 Å². The van der Waals surface area contributed by atoms with E-state index in [0.29, 0.717) is 17.5 Å². The predicted octanol–water partition coefficient (Wildman–Crippen LogP) is 2.52. The third-order valence-electron chi connectivity index (χ3n) is 4.97. The number of amides is 1. The van der Waals surface area contributed by atoms with Crippen LogP contribution in [-0.4, -0.2) is 46.3 Å². The van der Waals surface area contributed by atoms with Gasteiger partial charge in [0.1, 0.15) is 11.7 Å². The molecule has 1 atom stereocenters. The summed E-state index contributed by atoms with van der Waals surface area (Å²) in [5.41, 5.74) is 5.12. The lowest BCUT2D eigenvalue weighted by molar-refractivity contribution is -0.142. The van der Waals surface area contributed by atoms with Crippen molar-refractivity contribution in [1.29, 1.82) is 0 Å². The minimum Gasteiger partial charge on any atom is -0.467 e. The smallest absolute Gasteiger partial charge is 0.328 e. The molecule has 31 heavy (non-hydrogen) atoms. The molecule has 1 amide bonds. The number of nitrogens with one attached hydrogen (secondary N) is 1. The maximum Gasteiger partial charge on any atom is 0.328 e. The van der Waals surface area contributed by atoms with E-state index < -0.39 is 12.0 Å². The first-order valence-corrected chi connectivity index (χ1v) is 9.75.